The molecule has 1 N–H and O–H groups in total. The van der Waals surface area contributed by atoms with Crippen LogP contribution in [0.2, 0.25) is 10.0 Å². The van der Waals surface area contributed by atoms with E-state index in [-0.39, 0.29) is 37.0 Å². The first kappa shape index (κ1) is 31.7. The molecule has 5 aromatic rings. The predicted molar refractivity (Wildman–Crippen MR) is 179 cm³/mol. The highest BCUT2D eigenvalue weighted by Gasteiger charge is 2.43. The number of amides is 2. The van der Waals surface area contributed by atoms with Gasteiger partial charge in [-0.25, -0.2) is 8.42 Å². The minimum atomic E-state index is -4.22. The number of aromatic nitrogens is 1. The number of nitrogens with zero attached hydrogens (tertiary/aromatic N) is 3. The van der Waals surface area contributed by atoms with Crippen LogP contribution in [0.4, 0.5) is 0 Å². The van der Waals surface area contributed by atoms with E-state index in [1.54, 1.807) is 47.4 Å². The van der Waals surface area contributed by atoms with Crippen LogP contribution in [0.15, 0.2) is 120 Å². The third-order valence-electron chi connectivity index (χ3n) is 8.11. The Morgan fingerprint density at radius 3 is 2.20 bits per heavy atom. The predicted octanol–water partition coefficient (Wildman–Crippen LogP) is 5.89. The summed E-state index contributed by atoms with van der Waals surface area (Å²) in [6, 6.07) is 31.0. The van der Waals surface area contributed by atoms with Gasteiger partial charge in [-0.3, -0.25) is 14.6 Å². The molecule has 1 atom stereocenters. The molecule has 1 saturated heterocycles. The van der Waals surface area contributed by atoms with E-state index >= 15 is 0 Å². The van der Waals surface area contributed by atoms with Crippen LogP contribution in [0.5, 0.6) is 0 Å². The lowest BCUT2D eigenvalue weighted by atomic mass is 9.89. The van der Waals surface area contributed by atoms with Crippen LogP contribution in [-0.2, 0) is 26.2 Å². The standard InChI is InChI=1S/C35H30Cl2N4O4S/c36-28-17-16-27(29(37)21-28)22-39-34(42)30-23-40(35(43)32(24-9-3-1-4-10-24)25-11-5-2-6-12-25)19-20-41(30)46(44,45)31-15-7-13-26-14-8-18-38-33(26)31/h1-18,21,30,32H,19-20,22-23H2,(H,39,42). The summed E-state index contributed by atoms with van der Waals surface area (Å²) in [6.45, 7) is -0.0984. The van der Waals surface area contributed by atoms with Gasteiger partial charge in [0.2, 0.25) is 21.8 Å². The molecule has 1 fully saturated rings. The average Bonchev–Trinajstić information content (AvgIpc) is 3.08. The molecule has 4 aromatic carbocycles. The highest BCUT2D eigenvalue weighted by Crippen LogP contribution is 2.31. The van der Waals surface area contributed by atoms with Crippen molar-refractivity contribution in [2.24, 2.45) is 0 Å². The van der Waals surface area contributed by atoms with Crippen molar-refractivity contribution in [1.29, 1.82) is 0 Å². The van der Waals surface area contributed by atoms with Gasteiger partial charge in [0.1, 0.15) is 10.9 Å². The fourth-order valence-electron chi connectivity index (χ4n) is 5.79. The fourth-order valence-corrected chi connectivity index (χ4v) is 8.01. The van der Waals surface area contributed by atoms with Gasteiger partial charge in [-0.1, -0.05) is 108 Å². The number of fused-ring (bicyclic) bond motifs is 1. The van der Waals surface area contributed by atoms with Crippen molar-refractivity contribution < 1.29 is 18.0 Å². The van der Waals surface area contributed by atoms with Gasteiger partial charge in [-0.2, -0.15) is 4.31 Å². The maximum atomic E-state index is 14.3. The fraction of sp³-hybridized carbons (Fsp3) is 0.171. The molecule has 6 rings (SSSR count). The van der Waals surface area contributed by atoms with Crippen molar-refractivity contribution in [1.82, 2.24) is 19.5 Å². The number of hydrogen-bond acceptors (Lipinski definition) is 5. The Labute approximate surface area is 277 Å². The molecular formula is C35H30Cl2N4O4S. The Balaban J connectivity index is 1.35. The molecule has 0 aliphatic carbocycles. The number of halogens is 2. The van der Waals surface area contributed by atoms with Crippen LogP contribution < -0.4 is 5.32 Å². The molecule has 2 heterocycles. The zero-order valence-electron chi connectivity index (χ0n) is 24.6. The number of rotatable bonds is 8. The van der Waals surface area contributed by atoms with E-state index in [0.29, 0.717) is 26.5 Å². The van der Waals surface area contributed by atoms with Crippen LogP contribution >= 0.6 is 23.2 Å². The molecule has 1 unspecified atom stereocenters. The summed E-state index contributed by atoms with van der Waals surface area (Å²) in [7, 11) is -4.22. The van der Waals surface area contributed by atoms with Crippen molar-refractivity contribution >= 4 is 55.9 Å². The number of nitrogens with one attached hydrogen (secondary N) is 1. The quantitative estimate of drug-likeness (QED) is 0.222. The molecule has 1 aromatic heterocycles. The Hall–Kier alpha value is -4.28. The minimum Gasteiger partial charge on any atom is -0.351 e. The lowest BCUT2D eigenvalue weighted by Gasteiger charge is -2.41. The smallest absolute Gasteiger partial charge is 0.246 e. The van der Waals surface area contributed by atoms with Crippen LogP contribution in [0.1, 0.15) is 22.6 Å². The number of carbonyl (C=O) groups excluding carboxylic acids is 2. The van der Waals surface area contributed by atoms with Crippen LogP contribution in [-0.4, -0.2) is 60.1 Å². The second kappa shape index (κ2) is 13.6. The lowest BCUT2D eigenvalue weighted by Crippen LogP contribution is -2.61. The molecule has 0 bridgehead atoms. The Kier molecular flexibility index (Phi) is 9.37. The lowest BCUT2D eigenvalue weighted by molar-refractivity contribution is -0.136. The van der Waals surface area contributed by atoms with E-state index in [9.17, 15) is 18.0 Å². The number of hydrogen-bond donors (Lipinski definition) is 1. The van der Waals surface area contributed by atoms with Crippen molar-refractivity contribution in [2.75, 3.05) is 19.6 Å². The molecule has 1 aliphatic heterocycles. The van der Waals surface area contributed by atoms with Crippen molar-refractivity contribution in [2.45, 2.75) is 23.4 Å². The second-order valence-electron chi connectivity index (χ2n) is 11.0. The molecular weight excluding hydrogens is 643 g/mol. The zero-order valence-corrected chi connectivity index (χ0v) is 26.9. The molecule has 1 aliphatic rings. The van der Waals surface area contributed by atoms with E-state index in [0.717, 1.165) is 11.1 Å². The second-order valence-corrected chi connectivity index (χ2v) is 13.7. The third-order valence-corrected chi connectivity index (χ3v) is 10.6. The number of benzene rings is 4. The summed E-state index contributed by atoms with van der Waals surface area (Å²) in [4.78, 5) is 34.2. The summed E-state index contributed by atoms with van der Waals surface area (Å²) >= 11 is 12.4. The number of carbonyl (C=O) groups is 2. The number of para-hydroxylation sites is 1. The number of pyridine rings is 1. The molecule has 2 amide bonds. The van der Waals surface area contributed by atoms with Gasteiger partial charge in [-0.15, -0.1) is 0 Å². The minimum absolute atomic E-state index is 0.00429. The Morgan fingerprint density at radius 1 is 0.848 bits per heavy atom. The number of piperazine rings is 1. The summed E-state index contributed by atoms with van der Waals surface area (Å²) < 4.78 is 29.8. The molecule has 0 spiro atoms. The topological polar surface area (TPSA) is 99.7 Å². The Bertz CT molecular complexity index is 1950. The van der Waals surface area contributed by atoms with E-state index in [1.807, 2.05) is 60.7 Å². The first-order valence-electron chi connectivity index (χ1n) is 14.7. The van der Waals surface area contributed by atoms with Crippen LogP contribution in [0.3, 0.4) is 0 Å². The highest BCUT2D eigenvalue weighted by atomic mass is 35.5. The Morgan fingerprint density at radius 2 is 1.52 bits per heavy atom. The van der Waals surface area contributed by atoms with E-state index < -0.39 is 27.9 Å². The largest absolute Gasteiger partial charge is 0.351 e. The normalized spacial score (nSPS) is 15.6. The van der Waals surface area contributed by atoms with Gasteiger partial charge in [0.15, 0.2) is 0 Å². The maximum absolute atomic E-state index is 14.3. The number of sulfonamides is 1. The summed E-state index contributed by atoms with van der Waals surface area (Å²) in [5.74, 6) is -1.42. The first-order valence-corrected chi connectivity index (χ1v) is 16.9. The van der Waals surface area contributed by atoms with Crippen molar-refractivity contribution in [3.63, 3.8) is 0 Å². The SMILES string of the molecule is O=C(NCc1ccc(Cl)cc1Cl)C1CN(C(=O)C(c2ccccc2)c2ccccc2)CCN1S(=O)(=O)c1cccc2cccnc12. The van der Waals surface area contributed by atoms with Gasteiger partial charge in [-0.05, 0) is 41.0 Å². The van der Waals surface area contributed by atoms with Crippen molar-refractivity contribution in [3.05, 3.63) is 142 Å². The maximum Gasteiger partial charge on any atom is 0.246 e. The van der Waals surface area contributed by atoms with Gasteiger partial charge < -0.3 is 10.2 Å². The molecule has 8 nitrogen and oxygen atoms in total. The van der Waals surface area contributed by atoms with Crippen LogP contribution in [0.25, 0.3) is 10.9 Å². The van der Waals surface area contributed by atoms with Crippen LogP contribution in [0, 0.1) is 0 Å². The van der Waals surface area contributed by atoms with E-state index in [2.05, 4.69) is 10.3 Å². The molecule has 0 saturated carbocycles. The first-order chi connectivity index (χ1) is 22.2. The van der Waals surface area contributed by atoms with Gasteiger partial charge in [0.05, 0.1) is 11.4 Å². The third kappa shape index (κ3) is 6.50. The summed E-state index contributed by atoms with van der Waals surface area (Å²) in [6.07, 6.45) is 1.53. The van der Waals surface area contributed by atoms with E-state index in [4.69, 9.17) is 23.2 Å². The zero-order chi connectivity index (χ0) is 32.3. The summed E-state index contributed by atoms with van der Waals surface area (Å²) in [5, 5.41) is 4.32. The van der Waals surface area contributed by atoms with Gasteiger partial charge in [0.25, 0.3) is 0 Å². The highest BCUT2D eigenvalue weighted by molar-refractivity contribution is 7.89. The van der Waals surface area contributed by atoms with Gasteiger partial charge in [0, 0.05) is 47.8 Å². The van der Waals surface area contributed by atoms with Gasteiger partial charge >= 0.3 is 0 Å². The molecule has 0 radical (unpaired) electrons. The molecule has 46 heavy (non-hydrogen) atoms. The molecule has 11 heteroatoms. The van der Waals surface area contributed by atoms with Crippen molar-refractivity contribution in [3.8, 4) is 0 Å². The monoisotopic (exact) mass is 672 g/mol. The summed E-state index contributed by atoms with van der Waals surface area (Å²) in [5.41, 5.74) is 2.52. The van der Waals surface area contributed by atoms with E-state index in [1.165, 1.54) is 16.6 Å². The molecule has 234 valence electrons. The average molecular weight is 674 g/mol.